The van der Waals surface area contributed by atoms with Gasteiger partial charge in [-0.05, 0) is 44.1 Å². The number of hydrogen-bond donors (Lipinski definition) is 2. The Bertz CT molecular complexity index is 1270. The number of aliphatic hydroxyl groups excluding tert-OH is 1. The van der Waals surface area contributed by atoms with Gasteiger partial charge in [-0.25, -0.2) is 0 Å². The maximum absolute atomic E-state index is 14.5. The van der Waals surface area contributed by atoms with Crippen molar-refractivity contribution < 1.29 is 33.8 Å². The lowest BCUT2D eigenvalue weighted by molar-refractivity contribution is -0.163. The minimum Gasteiger partial charge on any atom is -0.455 e. The van der Waals surface area contributed by atoms with Crippen molar-refractivity contribution in [2.45, 2.75) is 102 Å². The first-order valence-electron chi connectivity index (χ1n) is 16.7. The number of nitrogens with zero attached hydrogens (tertiary/aromatic N) is 2. The number of rotatable bonds is 17. The fraction of sp³-hybridized carbons (Fsp3) is 0.611. The fourth-order valence-electron chi connectivity index (χ4n) is 7.53. The number of benzene rings is 1. The molecule has 0 radical (unpaired) electrons. The molecule has 0 saturated carbocycles. The molecule has 3 heterocycles. The molecule has 3 saturated heterocycles. The molecule has 3 amide bonds. The molecule has 10 nitrogen and oxygen atoms in total. The van der Waals surface area contributed by atoms with E-state index in [-0.39, 0.29) is 36.7 Å². The van der Waals surface area contributed by atoms with E-state index in [0.29, 0.717) is 37.9 Å². The van der Waals surface area contributed by atoms with Crippen LogP contribution in [0.25, 0.3) is 0 Å². The van der Waals surface area contributed by atoms with Crippen molar-refractivity contribution in [3.8, 4) is 0 Å². The summed E-state index contributed by atoms with van der Waals surface area (Å²) >= 11 is 0. The van der Waals surface area contributed by atoms with Crippen molar-refractivity contribution in [1.82, 2.24) is 15.1 Å². The molecular weight excluding hydrogens is 586 g/mol. The molecule has 8 atom stereocenters. The van der Waals surface area contributed by atoms with Gasteiger partial charge in [-0.1, -0.05) is 69.7 Å². The number of carbonyl (C=O) groups excluding carboxylic acids is 4. The third-order valence-corrected chi connectivity index (χ3v) is 9.79. The van der Waals surface area contributed by atoms with Crippen LogP contribution in [0.15, 0.2) is 55.6 Å². The SMILES string of the molecule is C=CCCC(=O)N[C@@H](C)[C@H](OC(=O)[C@@H]1[C@@H]2CC[C@]3(O2)[C@H](C(=O)N(CC=C)CCCC)N([C@@H](CO)C(C)C)C(=O)[C@@H]13)c1ccccc1. The molecular formula is C36H51N3O7. The molecule has 3 aliphatic rings. The lowest BCUT2D eigenvalue weighted by Gasteiger charge is -2.40. The maximum atomic E-state index is 14.5. The number of hydrogen-bond acceptors (Lipinski definition) is 7. The summed E-state index contributed by atoms with van der Waals surface area (Å²) < 4.78 is 12.8. The van der Waals surface area contributed by atoms with Gasteiger partial charge in [0.15, 0.2) is 0 Å². The Morgan fingerprint density at radius 3 is 2.52 bits per heavy atom. The molecule has 0 aromatic heterocycles. The van der Waals surface area contributed by atoms with E-state index < -0.39 is 53.7 Å². The van der Waals surface area contributed by atoms with Crippen molar-refractivity contribution in [2.75, 3.05) is 19.7 Å². The predicted molar refractivity (Wildman–Crippen MR) is 174 cm³/mol. The topological polar surface area (TPSA) is 125 Å². The van der Waals surface area contributed by atoms with Crippen LogP contribution >= 0.6 is 0 Å². The first kappa shape index (κ1) is 35.4. The van der Waals surface area contributed by atoms with Crippen LogP contribution in [-0.2, 0) is 28.7 Å². The highest BCUT2D eigenvalue weighted by Crippen LogP contribution is 2.59. The van der Waals surface area contributed by atoms with E-state index in [0.717, 1.165) is 12.8 Å². The molecule has 10 heteroatoms. The summed E-state index contributed by atoms with van der Waals surface area (Å²) in [6.07, 6.45) is 5.31. The summed E-state index contributed by atoms with van der Waals surface area (Å²) in [5.74, 6) is -3.44. The Hall–Kier alpha value is -3.50. The molecule has 3 fully saturated rings. The highest BCUT2D eigenvalue weighted by atomic mass is 16.6. The van der Waals surface area contributed by atoms with Crippen molar-refractivity contribution >= 4 is 23.7 Å². The zero-order valence-corrected chi connectivity index (χ0v) is 27.7. The average molecular weight is 638 g/mol. The van der Waals surface area contributed by atoms with Gasteiger partial charge in [-0.3, -0.25) is 19.2 Å². The fourth-order valence-corrected chi connectivity index (χ4v) is 7.53. The number of esters is 1. The van der Waals surface area contributed by atoms with E-state index in [1.807, 2.05) is 51.1 Å². The third kappa shape index (κ3) is 6.79. The first-order valence-corrected chi connectivity index (χ1v) is 16.7. The van der Waals surface area contributed by atoms with Gasteiger partial charge in [0.05, 0.1) is 36.6 Å². The van der Waals surface area contributed by atoms with E-state index in [1.54, 1.807) is 24.0 Å². The molecule has 0 aliphatic carbocycles. The number of carbonyl (C=O) groups is 4. The standard InChI is InChI=1S/C36H51N3O7/c1-7-10-17-28(41)37-24(6)31(25-15-13-12-14-16-25)45-35(44)29-27-18-19-36(46-27)30(29)33(42)39(26(22-40)23(4)5)32(36)34(43)38(20-9-3)21-11-8-2/h7,9,12-16,23-24,26-27,29-32,40H,1,3,8,10-11,17-22H2,2,4-6H3,(H,37,41)/t24-,26-,27-,29+,30+,31-,32-,36+/m0/s1. The van der Waals surface area contributed by atoms with E-state index in [9.17, 15) is 24.3 Å². The van der Waals surface area contributed by atoms with Crippen LogP contribution in [0.3, 0.4) is 0 Å². The minimum absolute atomic E-state index is 0.154. The lowest BCUT2D eigenvalue weighted by atomic mass is 9.70. The van der Waals surface area contributed by atoms with Crippen LogP contribution in [0.1, 0.15) is 77.9 Å². The second kappa shape index (κ2) is 15.4. The van der Waals surface area contributed by atoms with Crippen LogP contribution in [0.2, 0.25) is 0 Å². The molecule has 46 heavy (non-hydrogen) atoms. The third-order valence-electron chi connectivity index (χ3n) is 9.79. The molecule has 1 aromatic carbocycles. The largest absolute Gasteiger partial charge is 0.455 e. The van der Waals surface area contributed by atoms with E-state index in [4.69, 9.17) is 9.47 Å². The molecule has 1 aromatic rings. The van der Waals surface area contributed by atoms with Gasteiger partial charge in [-0.15, -0.1) is 13.2 Å². The molecule has 3 aliphatic heterocycles. The molecule has 0 unspecified atom stereocenters. The Balaban J connectivity index is 1.69. The van der Waals surface area contributed by atoms with Gasteiger partial charge >= 0.3 is 5.97 Å². The molecule has 2 N–H and O–H groups in total. The Kier molecular flexibility index (Phi) is 11.8. The van der Waals surface area contributed by atoms with Crippen LogP contribution in [0, 0.1) is 17.8 Å². The van der Waals surface area contributed by atoms with Crippen molar-refractivity contribution in [2.24, 2.45) is 17.8 Å². The second-order valence-electron chi connectivity index (χ2n) is 13.2. The highest BCUT2D eigenvalue weighted by Gasteiger charge is 2.75. The number of likely N-dealkylation sites (tertiary alicyclic amines) is 1. The van der Waals surface area contributed by atoms with Crippen molar-refractivity contribution in [3.63, 3.8) is 0 Å². The van der Waals surface area contributed by atoms with Crippen LogP contribution in [0.4, 0.5) is 0 Å². The zero-order valence-electron chi connectivity index (χ0n) is 27.7. The smallest absolute Gasteiger partial charge is 0.313 e. The predicted octanol–water partition coefficient (Wildman–Crippen LogP) is 3.95. The van der Waals surface area contributed by atoms with Crippen molar-refractivity contribution in [3.05, 3.63) is 61.2 Å². The number of allylic oxidation sites excluding steroid dienone is 1. The number of unbranched alkanes of at least 4 members (excludes halogenated alkanes) is 1. The molecule has 252 valence electrons. The van der Waals surface area contributed by atoms with Gasteiger partial charge in [0.1, 0.15) is 17.7 Å². The summed E-state index contributed by atoms with van der Waals surface area (Å²) in [6.45, 7) is 15.6. The van der Waals surface area contributed by atoms with E-state index in [2.05, 4.69) is 18.5 Å². The number of nitrogens with one attached hydrogen (secondary N) is 1. The Morgan fingerprint density at radius 2 is 1.91 bits per heavy atom. The van der Waals surface area contributed by atoms with Crippen LogP contribution < -0.4 is 5.32 Å². The number of aliphatic hydroxyl groups is 1. The summed E-state index contributed by atoms with van der Waals surface area (Å²) in [5, 5.41) is 13.4. The summed E-state index contributed by atoms with van der Waals surface area (Å²) in [5.41, 5.74) is -0.516. The van der Waals surface area contributed by atoms with Gasteiger partial charge in [0, 0.05) is 19.5 Å². The molecule has 1 spiro atoms. The van der Waals surface area contributed by atoms with Gasteiger partial charge in [0.25, 0.3) is 0 Å². The summed E-state index contributed by atoms with van der Waals surface area (Å²) in [7, 11) is 0. The normalized spacial score (nSPS) is 26.7. The summed E-state index contributed by atoms with van der Waals surface area (Å²) in [6, 6.07) is 7.00. The van der Waals surface area contributed by atoms with E-state index in [1.165, 1.54) is 4.90 Å². The van der Waals surface area contributed by atoms with Crippen LogP contribution in [0.5, 0.6) is 0 Å². The maximum Gasteiger partial charge on any atom is 0.313 e. The lowest BCUT2D eigenvalue weighted by Crippen LogP contribution is -2.59. The molecule has 4 rings (SSSR count). The number of fused-ring (bicyclic) bond motifs is 1. The van der Waals surface area contributed by atoms with Crippen LogP contribution in [-0.4, -0.2) is 88.1 Å². The number of ether oxygens (including phenoxy) is 2. The average Bonchev–Trinajstić information content (AvgIpc) is 3.68. The monoisotopic (exact) mass is 637 g/mol. The Morgan fingerprint density at radius 1 is 1.20 bits per heavy atom. The minimum atomic E-state index is -1.22. The number of amides is 3. The zero-order chi connectivity index (χ0) is 33.6. The van der Waals surface area contributed by atoms with Gasteiger partial charge in [0.2, 0.25) is 17.7 Å². The quantitative estimate of drug-likeness (QED) is 0.196. The van der Waals surface area contributed by atoms with Gasteiger partial charge in [-0.2, -0.15) is 0 Å². The van der Waals surface area contributed by atoms with Crippen molar-refractivity contribution in [1.29, 1.82) is 0 Å². The summed E-state index contributed by atoms with van der Waals surface area (Å²) in [4.78, 5) is 59.0. The first-order chi connectivity index (χ1) is 22.1. The van der Waals surface area contributed by atoms with E-state index >= 15 is 0 Å². The highest BCUT2D eigenvalue weighted by molar-refractivity contribution is 5.98. The second-order valence-corrected chi connectivity index (χ2v) is 13.2. The molecule has 2 bridgehead atoms. The van der Waals surface area contributed by atoms with Gasteiger partial charge < -0.3 is 29.7 Å². The Labute approximate surface area is 273 Å².